The number of non-ortho nitro benzene ring substituents is 1. The van der Waals surface area contributed by atoms with Gasteiger partial charge in [0.15, 0.2) is 0 Å². The van der Waals surface area contributed by atoms with E-state index >= 15 is 0 Å². The maximum absolute atomic E-state index is 13.1. The van der Waals surface area contributed by atoms with Crippen LogP contribution in [0.2, 0.25) is 0 Å². The Balaban J connectivity index is 1.06. The summed E-state index contributed by atoms with van der Waals surface area (Å²) in [5, 5.41) is 13.3. The summed E-state index contributed by atoms with van der Waals surface area (Å²) < 4.78 is 0. The van der Waals surface area contributed by atoms with Gasteiger partial charge in [0.05, 0.1) is 4.92 Å². The third-order valence-corrected chi connectivity index (χ3v) is 8.02. The number of carbonyl (C=O) groups excluding carboxylic acids is 3. The molecule has 1 unspecified atom stereocenters. The largest absolute Gasteiger partial charge is 0.369 e. The van der Waals surface area contributed by atoms with Gasteiger partial charge in [-0.05, 0) is 30.7 Å². The lowest BCUT2D eigenvalue weighted by molar-refractivity contribution is -0.384. The third kappa shape index (κ3) is 4.18. The first-order valence-corrected chi connectivity index (χ1v) is 12.6. The fourth-order valence-electron chi connectivity index (χ4n) is 5.88. The van der Waals surface area contributed by atoms with Crippen LogP contribution in [0.4, 0.5) is 17.1 Å². The highest BCUT2D eigenvalue weighted by Crippen LogP contribution is 2.36. The molecule has 0 spiro atoms. The average Bonchev–Trinajstić information content (AvgIpc) is 3.20. The smallest absolute Gasteiger partial charge is 0.269 e. The molecule has 11 nitrogen and oxygen atoms in total. The zero-order chi connectivity index (χ0) is 25.7. The second-order valence-electron chi connectivity index (χ2n) is 10.1. The van der Waals surface area contributed by atoms with E-state index in [1.807, 2.05) is 30.3 Å². The van der Waals surface area contributed by atoms with Crippen LogP contribution in [0.15, 0.2) is 42.5 Å². The molecule has 192 valence electrons. The Hall–Kier alpha value is -3.99. The van der Waals surface area contributed by atoms with Crippen LogP contribution in [0, 0.1) is 10.1 Å². The number of hydrogen-bond donors (Lipinski definition) is 1. The van der Waals surface area contributed by atoms with Crippen molar-refractivity contribution < 1.29 is 19.3 Å². The molecule has 4 aliphatic rings. The molecule has 11 heteroatoms. The van der Waals surface area contributed by atoms with Crippen LogP contribution in [0.25, 0.3) is 0 Å². The first kappa shape index (κ1) is 23.4. The molecule has 3 amide bonds. The number of nitrogens with one attached hydrogen (secondary N) is 1. The maximum Gasteiger partial charge on any atom is 0.269 e. The normalized spacial score (nSPS) is 22.6. The van der Waals surface area contributed by atoms with Crippen molar-refractivity contribution >= 4 is 34.8 Å². The molecule has 0 aromatic heterocycles. The Morgan fingerprint density at radius 1 is 0.919 bits per heavy atom. The number of nitrogens with zero attached hydrogens (tertiary/aromatic N) is 5. The Labute approximate surface area is 213 Å². The van der Waals surface area contributed by atoms with Crippen LogP contribution in [-0.4, -0.2) is 83.8 Å². The van der Waals surface area contributed by atoms with Gasteiger partial charge in [0.1, 0.15) is 6.04 Å². The number of nitro groups is 1. The highest BCUT2D eigenvalue weighted by Gasteiger charge is 2.42. The van der Waals surface area contributed by atoms with Crippen molar-refractivity contribution in [1.29, 1.82) is 0 Å². The Bertz CT molecular complexity index is 1270. The van der Waals surface area contributed by atoms with E-state index in [1.165, 1.54) is 0 Å². The van der Waals surface area contributed by atoms with Crippen molar-refractivity contribution in [3.8, 4) is 0 Å². The van der Waals surface area contributed by atoms with Gasteiger partial charge in [-0.15, -0.1) is 0 Å². The minimum Gasteiger partial charge on any atom is -0.369 e. The molecule has 1 atom stereocenters. The van der Waals surface area contributed by atoms with Crippen LogP contribution < -0.4 is 15.1 Å². The quantitative estimate of drug-likeness (QED) is 0.368. The number of amides is 3. The van der Waals surface area contributed by atoms with Gasteiger partial charge in [0.2, 0.25) is 11.8 Å². The fourth-order valence-corrected chi connectivity index (χ4v) is 5.88. The molecule has 4 heterocycles. The summed E-state index contributed by atoms with van der Waals surface area (Å²) in [6.45, 7) is 5.70. The van der Waals surface area contributed by atoms with Gasteiger partial charge in [-0.3, -0.25) is 34.7 Å². The lowest BCUT2D eigenvalue weighted by atomic mass is 10.0. The van der Waals surface area contributed by atoms with Crippen LogP contribution >= 0.6 is 0 Å². The van der Waals surface area contributed by atoms with Gasteiger partial charge in [0, 0.05) is 92.9 Å². The number of piperidine rings is 1. The standard InChI is InChI=1S/C26H28N6O5/c33-24-9-8-23(25(34)27-24)31-16-21-20(26(31)35)2-1-3-22(21)30-14-19(15-30)29-12-10-28(11-13-29)17-4-6-18(7-5-17)32(36)37/h1-7,19,23H,8-16H2,(H,27,33,34). The molecule has 1 N–H and O–H groups in total. The van der Waals surface area contributed by atoms with Crippen LogP contribution in [0.5, 0.6) is 0 Å². The average molecular weight is 505 g/mol. The molecular weight excluding hydrogens is 476 g/mol. The van der Waals surface area contributed by atoms with E-state index in [-0.39, 0.29) is 28.8 Å². The van der Waals surface area contributed by atoms with Gasteiger partial charge >= 0.3 is 0 Å². The van der Waals surface area contributed by atoms with Gasteiger partial charge in [0.25, 0.3) is 11.6 Å². The van der Waals surface area contributed by atoms with Crippen molar-refractivity contribution in [1.82, 2.24) is 15.1 Å². The summed E-state index contributed by atoms with van der Waals surface area (Å²) in [5.74, 6) is -0.826. The highest BCUT2D eigenvalue weighted by atomic mass is 16.6. The second kappa shape index (κ2) is 9.15. The lowest BCUT2D eigenvalue weighted by Crippen LogP contribution is -2.63. The number of rotatable bonds is 5. The number of nitro benzene ring substituents is 1. The summed E-state index contributed by atoms with van der Waals surface area (Å²) in [6.07, 6.45) is 0.603. The number of carbonyl (C=O) groups is 3. The van der Waals surface area contributed by atoms with E-state index in [0.29, 0.717) is 24.6 Å². The van der Waals surface area contributed by atoms with Crippen molar-refractivity contribution in [2.75, 3.05) is 49.1 Å². The van der Waals surface area contributed by atoms with Crippen molar-refractivity contribution in [2.24, 2.45) is 0 Å². The summed E-state index contributed by atoms with van der Waals surface area (Å²) >= 11 is 0. The van der Waals surface area contributed by atoms with Crippen molar-refractivity contribution in [3.05, 3.63) is 63.7 Å². The number of imide groups is 1. The lowest BCUT2D eigenvalue weighted by Gasteiger charge is -2.49. The number of piperazine rings is 1. The molecule has 37 heavy (non-hydrogen) atoms. The molecule has 0 saturated carbocycles. The minimum absolute atomic E-state index is 0.103. The summed E-state index contributed by atoms with van der Waals surface area (Å²) in [4.78, 5) is 56.2. The number of fused-ring (bicyclic) bond motifs is 1. The van der Waals surface area contributed by atoms with Gasteiger partial charge in [-0.25, -0.2) is 0 Å². The molecule has 3 fully saturated rings. The van der Waals surface area contributed by atoms with E-state index in [1.54, 1.807) is 17.0 Å². The van der Waals surface area contributed by atoms with Crippen LogP contribution in [0.1, 0.15) is 28.8 Å². The molecule has 4 aliphatic heterocycles. The van der Waals surface area contributed by atoms with E-state index in [9.17, 15) is 24.5 Å². The number of benzene rings is 2. The van der Waals surface area contributed by atoms with Gasteiger partial charge in [-0.1, -0.05) is 6.07 Å². The predicted octanol–water partition coefficient (Wildman–Crippen LogP) is 1.37. The number of hydrogen-bond acceptors (Lipinski definition) is 8. The summed E-state index contributed by atoms with van der Waals surface area (Å²) in [5.41, 5.74) is 3.75. The van der Waals surface area contributed by atoms with E-state index in [2.05, 4.69) is 20.0 Å². The fraction of sp³-hybridized carbons (Fsp3) is 0.423. The van der Waals surface area contributed by atoms with Gasteiger partial charge < -0.3 is 14.7 Å². The Morgan fingerprint density at radius 2 is 1.65 bits per heavy atom. The zero-order valence-corrected chi connectivity index (χ0v) is 20.3. The molecule has 3 saturated heterocycles. The summed E-state index contributed by atoms with van der Waals surface area (Å²) in [7, 11) is 0. The molecule has 2 aromatic carbocycles. The monoisotopic (exact) mass is 504 g/mol. The minimum atomic E-state index is -0.610. The first-order valence-electron chi connectivity index (χ1n) is 12.6. The van der Waals surface area contributed by atoms with E-state index in [0.717, 1.165) is 56.2 Å². The third-order valence-electron chi connectivity index (χ3n) is 8.02. The van der Waals surface area contributed by atoms with Crippen molar-refractivity contribution in [2.45, 2.75) is 31.5 Å². The first-order chi connectivity index (χ1) is 17.9. The second-order valence-corrected chi connectivity index (χ2v) is 10.1. The molecule has 0 radical (unpaired) electrons. The number of anilines is 2. The van der Waals surface area contributed by atoms with E-state index < -0.39 is 11.9 Å². The molecule has 0 aliphatic carbocycles. The SMILES string of the molecule is O=C1CCC(N2Cc3c(cccc3N3CC(N4CCN(c5ccc([N+](=O)[O-])cc5)CC4)C3)C2=O)C(=O)N1. The Kier molecular flexibility index (Phi) is 5.79. The topological polar surface area (TPSA) is 119 Å². The summed E-state index contributed by atoms with van der Waals surface area (Å²) in [6, 6.07) is 12.3. The van der Waals surface area contributed by atoms with Crippen LogP contribution in [-0.2, 0) is 16.1 Å². The zero-order valence-electron chi connectivity index (χ0n) is 20.3. The molecule has 6 rings (SSSR count). The van der Waals surface area contributed by atoms with E-state index in [4.69, 9.17) is 0 Å². The van der Waals surface area contributed by atoms with Crippen molar-refractivity contribution in [3.63, 3.8) is 0 Å². The molecule has 2 aromatic rings. The van der Waals surface area contributed by atoms with Crippen LogP contribution in [0.3, 0.4) is 0 Å². The molecular formula is C26H28N6O5. The predicted molar refractivity (Wildman–Crippen MR) is 135 cm³/mol. The Morgan fingerprint density at radius 3 is 2.32 bits per heavy atom. The highest BCUT2D eigenvalue weighted by molar-refractivity contribution is 6.06. The maximum atomic E-state index is 13.1. The molecule has 0 bridgehead atoms. The van der Waals surface area contributed by atoms with Gasteiger partial charge in [-0.2, -0.15) is 0 Å².